The molecule has 0 radical (unpaired) electrons. The summed E-state index contributed by atoms with van der Waals surface area (Å²) < 4.78 is 71.9. The highest BCUT2D eigenvalue weighted by atomic mass is 19.3. The summed E-state index contributed by atoms with van der Waals surface area (Å²) in [4.78, 5) is 9.45. The Kier molecular flexibility index (Phi) is 2.72. The van der Waals surface area contributed by atoms with Crippen molar-refractivity contribution in [1.29, 1.82) is 5.26 Å². The van der Waals surface area contributed by atoms with Gasteiger partial charge in [-0.05, 0) is 0 Å². The van der Waals surface area contributed by atoms with Crippen molar-refractivity contribution < 1.29 is 36.2 Å². The van der Waals surface area contributed by atoms with Crippen molar-refractivity contribution in [2.24, 2.45) is 0 Å². The highest BCUT2D eigenvalue weighted by molar-refractivity contribution is 5.75. The smallest absolute Gasteiger partial charge is 0.400 e. The van der Waals surface area contributed by atoms with Gasteiger partial charge >= 0.3 is 17.8 Å². The van der Waals surface area contributed by atoms with Gasteiger partial charge in [0.2, 0.25) is 0 Å². The van der Waals surface area contributed by atoms with Gasteiger partial charge in [0.05, 0.1) is 0 Å². The maximum atomic E-state index is 12.1. The Morgan fingerprint density at radius 1 is 1.14 bits per heavy atom. The number of carbonyl (C=O) groups excluding carboxylic acids is 1. The van der Waals surface area contributed by atoms with E-state index in [9.17, 15) is 36.2 Å². The van der Waals surface area contributed by atoms with Gasteiger partial charge in [0.15, 0.2) is 0 Å². The number of nitrogens with zero attached hydrogens (tertiary/aromatic N) is 1. The predicted octanol–water partition coefficient (Wildman–Crippen LogP) is 0.166. The van der Waals surface area contributed by atoms with Gasteiger partial charge in [-0.25, -0.2) is 0 Å². The molecule has 0 bridgehead atoms. The van der Waals surface area contributed by atoms with Crippen molar-refractivity contribution >= 4 is 5.97 Å². The highest BCUT2D eigenvalue weighted by Crippen LogP contribution is 2.44. The molecule has 0 aromatic heterocycles. The number of aliphatic carboxylic acids is 1. The average molecular weight is 220 g/mol. The third kappa shape index (κ3) is 1.47. The predicted molar refractivity (Wildman–Crippen MR) is 25.5 cm³/mol. The molecule has 0 unspecified atom stereocenters. The summed E-state index contributed by atoms with van der Waals surface area (Å²) in [6.07, 6.45) is 0. The normalized spacial score (nSPS) is 13.5. The third-order valence-corrected chi connectivity index (χ3v) is 1.19. The standard InChI is InChI=1S/C5HF6NO2/c6-3(7,1-12)5(10,11)4(8,9)2(13)14/h(H,13,14)/p-1. The molecule has 14 heavy (non-hydrogen) atoms. The van der Waals surface area contributed by atoms with Gasteiger partial charge in [0.25, 0.3) is 0 Å². The molecule has 0 aliphatic rings. The Morgan fingerprint density at radius 2 is 1.50 bits per heavy atom. The Labute approximate surface area is 72.5 Å². The van der Waals surface area contributed by atoms with Gasteiger partial charge < -0.3 is 9.90 Å². The van der Waals surface area contributed by atoms with E-state index in [1.807, 2.05) is 0 Å². The van der Waals surface area contributed by atoms with Crippen LogP contribution in [-0.2, 0) is 4.79 Å². The Bertz CT molecular complexity index is 293. The fraction of sp³-hybridized carbons (Fsp3) is 0.600. The highest BCUT2D eigenvalue weighted by Gasteiger charge is 2.73. The summed E-state index contributed by atoms with van der Waals surface area (Å²) >= 11 is 0. The van der Waals surface area contributed by atoms with Gasteiger partial charge in [-0.15, -0.1) is 0 Å². The number of hydrogen-bond acceptors (Lipinski definition) is 3. The second kappa shape index (κ2) is 3.04. The number of rotatable bonds is 3. The first-order chi connectivity index (χ1) is 6.00. The molecule has 0 N–H and O–H groups in total. The molecule has 0 spiro atoms. The molecule has 9 heteroatoms. The molecule has 0 aromatic rings. The topological polar surface area (TPSA) is 63.9 Å². The zero-order chi connectivity index (χ0) is 11.8. The van der Waals surface area contributed by atoms with E-state index in [-0.39, 0.29) is 0 Å². The molecule has 0 atom stereocenters. The average Bonchev–Trinajstić information content (AvgIpc) is 2.03. The summed E-state index contributed by atoms with van der Waals surface area (Å²) in [7, 11) is 0. The second-order valence-corrected chi connectivity index (χ2v) is 2.12. The third-order valence-electron chi connectivity index (χ3n) is 1.19. The number of hydrogen-bond donors (Lipinski definition) is 0. The molecule has 3 nitrogen and oxygen atoms in total. The Balaban J connectivity index is 5.38. The largest absolute Gasteiger partial charge is 0.544 e. The van der Waals surface area contributed by atoms with Gasteiger partial charge in [0, 0.05) is 0 Å². The number of alkyl halides is 6. The lowest BCUT2D eigenvalue weighted by molar-refractivity contribution is -0.363. The van der Waals surface area contributed by atoms with E-state index in [4.69, 9.17) is 5.26 Å². The summed E-state index contributed by atoms with van der Waals surface area (Å²) in [6.45, 7) is 0. The van der Waals surface area contributed by atoms with Gasteiger partial charge in [-0.1, -0.05) is 0 Å². The van der Waals surface area contributed by atoms with E-state index in [2.05, 4.69) is 0 Å². The van der Waals surface area contributed by atoms with Crippen LogP contribution in [0.1, 0.15) is 0 Å². The fourth-order valence-corrected chi connectivity index (χ4v) is 0.396. The van der Waals surface area contributed by atoms with Crippen molar-refractivity contribution in [2.75, 3.05) is 0 Å². The fourth-order valence-electron chi connectivity index (χ4n) is 0.396. The van der Waals surface area contributed by atoms with E-state index in [0.29, 0.717) is 0 Å². The van der Waals surface area contributed by atoms with Crippen molar-refractivity contribution in [3.05, 3.63) is 0 Å². The Morgan fingerprint density at radius 3 is 1.71 bits per heavy atom. The lowest BCUT2D eigenvalue weighted by Crippen LogP contribution is -2.61. The molecule has 80 valence electrons. The summed E-state index contributed by atoms with van der Waals surface area (Å²) in [5, 5.41) is 16.9. The van der Waals surface area contributed by atoms with Crippen molar-refractivity contribution in [2.45, 2.75) is 17.8 Å². The van der Waals surface area contributed by atoms with Crippen LogP contribution in [0, 0.1) is 11.3 Å². The number of halogens is 6. The molecule has 0 fully saturated rings. The lowest BCUT2D eigenvalue weighted by atomic mass is 10.1. The van der Waals surface area contributed by atoms with E-state index in [1.165, 1.54) is 0 Å². The van der Waals surface area contributed by atoms with Crippen LogP contribution in [-0.4, -0.2) is 23.7 Å². The van der Waals surface area contributed by atoms with E-state index < -0.39 is 29.8 Å². The van der Waals surface area contributed by atoms with Crippen LogP contribution >= 0.6 is 0 Å². The van der Waals surface area contributed by atoms with Crippen LogP contribution < -0.4 is 5.11 Å². The van der Waals surface area contributed by atoms with Crippen molar-refractivity contribution in [1.82, 2.24) is 0 Å². The first kappa shape index (κ1) is 12.5. The monoisotopic (exact) mass is 220 g/mol. The molecule has 0 saturated heterocycles. The molecule has 0 aliphatic heterocycles. The molecule has 0 rings (SSSR count). The van der Waals surface area contributed by atoms with Crippen LogP contribution in [0.25, 0.3) is 0 Å². The minimum Gasteiger partial charge on any atom is -0.544 e. The summed E-state index contributed by atoms with van der Waals surface area (Å²) in [5.41, 5.74) is 0. The molecule has 0 aromatic carbocycles. The van der Waals surface area contributed by atoms with Gasteiger partial charge in [-0.3, -0.25) is 0 Å². The van der Waals surface area contributed by atoms with Crippen LogP contribution in [0.5, 0.6) is 0 Å². The van der Waals surface area contributed by atoms with Crippen LogP contribution in [0.15, 0.2) is 0 Å². The first-order valence-corrected chi connectivity index (χ1v) is 2.77. The lowest BCUT2D eigenvalue weighted by Gasteiger charge is -2.29. The summed E-state index contributed by atoms with van der Waals surface area (Å²) in [6, 6.07) is -0.412. The minimum absolute atomic E-state index is 0.412. The SMILES string of the molecule is N#CC(F)(F)C(F)(F)C(F)(F)C(=O)[O-]. The quantitative estimate of drug-likeness (QED) is 0.636. The zero-order valence-corrected chi connectivity index (χ0v) is 6.03. The molecule has 0 aliphatic carbocycles. The van der Waals surface area contributed by atoms with Crippen LogP contribution in [0.4, 0.5) is 26.3 Å². The van der Waals surface area contributed by atoms with Crippen molar-refractivity contribution in [3.63, 3.8) is 0 Å². The van der Waals surface area contributed by atoms with Crippen LogP contribution in [0.3, 0.4) is 0 Å². The zero-order valence-electron chi connectivity index (χ0n) is 6.03. The number of carbonyl (C=O) groups is 1. The maximum absolute atomic E-state index is 12.1. The number of carboxylic acids is 1. The first-order valence-electron chi connectivity index (χ1n) is 2.77. The second-order valence-electron chi connectivity index (χ2n) is 2.12. The molecular formula is C5F6NO2-. The van der Waals surface area contributed by atoms with E-state index >= 15 is 0 Å². The number of carboxylic acid groups (broad SMARTS) is 1. The van der Waals surface area contributed by atoms with E-state index in [0.717, 1.165) is 0 Å². The van der Waals surface area contributed by atoms with Crippen LogP contribution in [0.2, 0.25) is 0 Å². The molecule has 0 saturated carbocycles. The van der Waals surface area contributed by atoms with E-state index in [1.54, 1.807) is 0 Å². The van der Waals surface area contributed by atoms with Gasteiger partial charge in [0.1, 0.15) is 12.0 Å². The van der Waals surface area contributed by atoms with Crippen molar-refractivity contribution in [3.8, 4) is 6.07 Å². The molecule has 0 heterocycles. The summed E-state index contributed by atoms with van der Waals surface area (Å²) in [5.74, 6) is -21.9. The maximum Gasteiger partial charge on any atom is 0.400 e. The van der Waals surface area contributed by atoms with Gasteiger partial charge in [-0.2, -0.15) is 31.6 Å². The Hall–Kier alpha value is -1.46. The number of nitriles is 1. The minimum atomic E-state index is -6.33. The molecule has 0 amide bonds. The molecular weight excluding hydrogens is 220 g/mol.